The first-order valence-corrected chi connectivity index (χ1v) is 12.7. The van der Waals surface area contributed by atoms with E-state index in [0.29, 0.717) is 11.4 Å². The average molecular weight is 522 g/mol. The fraction of sp³-hybridized carbons (Fsp3) is 0.276. The second-order valence-corrected chi connectivity index (χ2v) is 9.51. The Balaban J connectivity index is 1.35. The summed E-state index contributed by atoms with van der Waals surface area (Å²) in [7, 11) is 3.51. The number of ether oxygens (including phenoxy) is 1. The summed E-state index contributed by atoms with van der Waals surface area (Å²) in [5.41, 5.74) is 6.36. The van der Waals surface area contributed by atoms with Gasteiger partial charge in [-0.15, -0.1) is 0 Å². The van der Waals surface area contributed by atoms with E-state index in [2.05, 4.69) is 54.9 Å². The van der Waals surface area contributed by atoms with Crippen molar-refractivity contribution in [3.05, 3.63) is 83.8 Å². The largest absolute Gasteiger partial charge is 0.481 e. The van der Waals surface area contributed by atoms with Crippen molar-refractivity contribution >= 4 is 17.8 Å². The van der Waals surface area contributed by atoms with E-state index in [1.165, 1.54) is 0 Å². The smallest absolute Gasteiger partial charge is 0.212 e. The molecule has 1 aliphatic rings. The van der Waals surface area contributed by atoms with Gasteiger partial charge in [0.15, 0.2) is 0 Å². The maximum atomic E-state index is 9.69. The van der Waals surface area contributed by atoms with Crippen LogP contribution in [-0.2, 0) is 13.6 Å². The summed E-state index contributed by atoms with van der Waals surface area (Å²) in [6.45, 7) is 10.2. The summed E-state index contributed by atoms with van der Waals surface area (Å²) in [6, 6.07) is 8.31. The van der Waals surface area contributed by atoms with E-state index in [9.17, 15) is 5.26 Å². The number of nitrogens with zero attached hydrogens (tertiary/aromatic N) is 9. The fourth-order valence-corrected chi connectivity index (χ4v) is 4.80. The molecule has 5 heterocycles. The molecule has 1 saturated heterocycles. The van der Waals surface area contributed by atoms with Crippen molar-refractivity contribution in [1.82, 2.24) is 34.2 Å². The van der Waals surface area contributed by atoms with Crippen molar-refractivity contribution in [2.45, 2.75) is 13.5 Å². The Bertz CT molecular complexity index is 1580. The monoisotopic (exact) mass is 521 g/mol. The van der Waals surface area contributed by atoms with Crippen molar-refractivity contribution < 1.29 is 4.74 Å². The second-order valence-electron chi connectivity index (χ2n) is 9.51. The van der Waals surface area contributed by atoms with E-state index < -0.39 is 0 Å². The average Bonchev–Trinajstić information content (AvgIpc) is 3.60. The number of allylic oxidation sites excluding steroid dienone is 3. The summed E-state index contributed by atoms with van der Waals surface area (Å²) in [5.74, 6) is 1.45. The molecule has 0 saturated carbocycles. The summed E-state index contributed by atoms with van der Waals surface area (Å²) in [4.78, 5) is 13.3. The molecule has 0 unspecified atom stereocenters. The molecule has 5 rings (SSSR count). The van der Waals surface area contributed by atoms with Gasteiger partial charge in [-0.3, -0.25) is 9.58 Å². The molecule has 1 aliphatic heterocycles. The van der Waals surface area contributed by atoms with E-state index >= 15 is 0 Å². The first-order chi connectivity index (χ1) is 19.0. The van der Waals surface area contributed by atoms with Crippen molar-refractivity contribution in [3.8, 4) is 23.1 Å². The third kappa shape index (κ3) is 5.58. The van der Waals surface area contributed by atoms with Crippen LogP contribution >= 0.6 is 0 Å². The quantitative estimate of drug-likeness (QED) is 0.257. The second kappa shape index (κ2) is 11.3. The lowest BCUT2D eigenvalue weighted by Crippen LogP contribution is -2.45. The minimum atomic E-state index is 0.532. The molecule has 0 amide bonds. The lowest BCUT2D eigenvalue weighted by molar-refractivity contribution is 0.152. The molecule has 10 nitrogen and oxygen atoms in total. The first kappa shape index (κ1) is 25.9. The number of pyridine rings is 2. The third-order valence-electron chi connectivity index (χ3n) is 6.95. The van der Waals surface area contributed by atoms with Crippen molar-refractivity contribution in [2.75, 3.05) is 33.3 Å². The lowest BCUT2D eigenvalue weighted by atomic mass is 10.0. The van der Waals surface area contributed by atoms with Crippen LogP contribution in [0.3, 0.4) is 0 Å². The molecule has 0 bridgehead atoms. The topological polar surface area (TPSA) is 99.9 Å². The number of hydrogen-bond acceptors (Lipinski definition) is 8. The molecule has 0 spiro atoms. The van der Waals surface area contributed by atoms with Gasteiger partial charge < -0.3 is 9.64 Å². The third-order valence-corrected chi connectivity index (χ3v) is 6.95. The van der Waals surface area contributed by atoms with E-state index in [4.69, 9.17) is 4.74 Å². The van der Waals surface area contributed by atoms with Gasteiger partial charge in [-0.2, -0.15) is 15.5 Å². The highest BCUT2D eigenvalue weighted by atomic mass is 16.5. The zero-order chi connectivity index (χ0) is 27.4. The van der Waals surface area contributed by atoms with Crippen molar-refractivity contribution in [3.63, 3.8) is 0 Å². The van der Waals surface area contributed by atoms with Crippen molar-refractivity contribution in [1.29, 1.82) is 5.26 Å². The van der Waals surface area contributed by atoms with Crippen molar-refractivity contribution in [2.24, 2.45) is 12.0 Å². The van der Waals surface area contributed by atoms with E-state index in [1.807, 2.05) is 57.0 Å². The van der Waals surface area contributed by atoms with Gasteiger partial charge in [0.25, 0.3) is 0 Å². The predicted octanol–water partition coefficient (Wildman–Crippen LogP) is 3.77. The Morgan fingerprint density at radius 2 is 1.92 bits per heavy atom. The van der Waals surface area contributed by atoms with Gasteiger partial charge in [-0.1, -0.05) is 12.1 Å². The van der Waals surface area contributed by atoms with Gasteiger partial charge >= 0.3 is 0 Å². The minimum absolute atomic E-state index is 0.532. The van der Waals surface area contributed by atoms with Gasteiger partial charge in [-0.05, 0) is 36.9 Å². The predicted molar refractivity (Wildman–Crippen MR) is 151 cm³/mol. The molecule has 4 aromatic rings. The van der Waals surface area contributed by atoms with Crippen LogP contribution in [0.1, 0.15) is 23.6 Å². The van der Waals surface area contributed by atoms with E-state index in [1.54, 1.807) is 22.5 Å². The van der Waals surface area contributed by atoms with Crippen LogP contribution in [0.5, 0.6) is 5.88 Å². The standard InChI is InChI=1S/C29H31N9O/c1-21(26-13-23(25-17-33-35(3)19-25)20-38-29(26)24(14-30)16-34-38)5-7-27(31-2)37-11-9-36(10-12-37)18-22-6-8-28(39-4)32-15-22/h5-8,13,15-17,19-20H,2,9-12,18H2,1,3-4H3/b21-5+,27-7+. The Kier molecular flexibility index (Phi) is 7.52. The molecule has 1 fully saturated rings. The number of hydrogen-bond donors (Lipinski definition) is 0. The number of methoxy groups -OCH3 is 1. The van der Waals surface area contributed by atoms with Gasteiger partial charge in [0.2, 0.25) is 5.88 Å². The molecule has 39 heavy (non-hydrogen) atoms. The van der Waals surface area contributed by atoms with Crippen LogP contribution in [0, 0.1) is 11.3 Å². The fourth-order valence-electron chi connectivity index (χ4n) is 4.80. The number of nitriles is 1. The number of aromatic nitrogens is 5. The van der Waals surface area contributed by atoms with Gasteiger partial charge in [0, 0.05) is 81.1 Å². The van der Waals surface area contributed by atoms with E-state index in [0.717, 1.165) is 71.9 Å². The maximum absolute atomic E-state index is 9.69. The minimum Gasteiger partial charge on any atom is -0.481 e. The SMILES string of the molecule is C=N/C(=C\C=C(/C)c1cc(-c2cnn(C)c2)cn2ncc(C#N)c12)N1CCN(Cc2ccc(OC)nc2)CC1. The molecular weight excluding hydrogens is 490 g/mol. The molecule has 0 aliphatic carbocycles. The number of piperazine rings is 1. The van der Waals surface area contributed by atoms with Gasteiger partial charge in [0.05, 0.1) is 30.6 Å². The summed E-state index contributed by atoms with van der Waals surface area (Å²) in [6.07, 6.45) is 13.2. The number of rotatable bonds is 8. The van der Waals surface area contributed by atoms with Crippen LogP contribution in [0.25, 0.3) is 22.2 Å². The highest BCUT2D eigenvalue weighted by Gasteiger charge is 2.19. The van der Waals surface area contributed by atoms with Gasteiger partial charge in [-0.25, -0.2) is 14.5 Å². The Morgan fingerprint density at radius 1 is 1.10 bits per heavy atom. The van der Waals surface area contributed by atoms with Crippen LogP contribution in [0.2, 0.25) is 0 Å². The van der Waals surface area contributed by atoms with E-state index in [-0.39, 0.29) is 0 Å². The first-order valence-electron chi connectivity index (χ1n) is 12.7. The Morgan fingerprint density at radius 3 is 2.56 bits per heavy atom. The van der Waals surface area contributed by atoms with Crippen LogP contribution in [0.4, 0.5) is 0 Å². The molecule has 10 heteroatoms. The van der Waals surface area contributed by atoms with Gasteiger partial charge in [0.1, 0.15) is 11.9 Å². The number of aliphatic imine (C=N–C) groups is 1. The summed E-state index contributed by atoms with van der Waals surface area (Å²) >= 11 is 0. The Hall–Kier alpha value is -4.75. The van der Waals surface area contributed by atoms with Crippen LogP contribution in [-0.4, -0.2) is 74.2 Å². The molecule has 0 aromatic carbocycles. The Labute approximate surface area is 227 Å². The zero-order valence-electron chi connectivity index (χ0n) is 22.4. The molecule has 0 radical (unpaired) electrons. The highest BCUT2D eigenvalue weighted by Crippen LogP contribution is 2.29. The normalized spacial score (nSPS) is 15.0. The zero-order valence-corrected chi connectivity index (χ0v) is 22.4. The summed E-state index contributed by atoms with van der Waals surface area (Å²) < 4.78 is 8.69. The maximum Gasteiger partial charge on any atom is 0.212 e. The number of aryl methyl sites for hydroxylation is 1. The molecular formula is C29H31N9O. The highest BCUT2D eigenvalue weighted by molar-refractivity contribution is 5.84. The molecule has 4 aromatic heterocycles. The molecule has 0 atom stereocenters. The molecule has 198 valence electrons. The number of fused-ring (bicyclic) bond motifs is 1. The lowest BCUT2D eigenvalue weighted by Gasteiger charge is -2.35. The summed E-state index contributed by atoms with van der Waals surface area (Å²) in [5, 5.41) is 18.4. The van der Waals surface area contributed by atoms with Crippen LogP contribution in [0.15, 0.2) is 72.1 Å². The van der Waals surface area contributed by atoms with Crippen LogP contribution < -0.4 is 4.74 Å². The molecule has 0 N–H and O–H groups in total.